The number of methoxy groups -OCH3 is 2. The zero-order valence-corrected chi connectivity index (χ0v) is 17.2. The number of nitrogens with zero attached hydrogens (tertiary/aromatic N) is 2. The van der Waals surface area contributed by atoms with Crippen molar-refractivity contribution in [1.82, 2.24) is 14.8 Å². The van der Waals surface area contributed by atoms with E-state index in [1.807, 2.05) is 30.3 Å². The molecule has 0 aliphatic carbocycles. The number of nitrogens with one attached hydrogen (secondary N) is 1. The van der Waals surface area contributed by atoms with Crippen LogP contribution in [0.1, 0.15) is 22.9 Å². The third-order valence-corrected chi connectivity index (χ3v) is 6.46. The van der Waals surface area contributed by atoms with Crippen molar-refractivity contribution in [3.05, 3.63) is 59.3 Å². The average molecular weight is 407 g/mol. The number of thiocarbonyl (C=S) groups is 1. The summed E-state index contributed by atoms with van der Waals surface area (Å²) in [4.78, 5) is 20.2. The van der Waals surface area contributed by atoms with Crippen molar-refractivity contribution in [1.29, 1.82) is 0 Å². The van der Waals surface area contributed by atoms with Crippen molar-refractivity contribution in [2.75, 3.05) is 21.3 Å². The topological polar surface area (TPSA) is 57.8 Å². The fraction of sp³-hybridized carbons (Fsp3) is 0.273. The van der Waals surface area contributed by atoms with Crippen LogP contribution < -0.4 is 9.47 Å². The molecule has 5 rings (SSSR count). The molecule has 0 spiro atoms. The minimum Gasteiger partial charge on any atom is -0.493 e. The first-order chi connectivity index (χ1) is 14.0. The van der Waals surface area contributed by atoms with Gasteiger partial charge in [0.1, 0.15) is 6.04 Å². The summed E-state index contributed by atoms with van der Waals surface area (Å²) in [5.74, 6) is 1.35. The average Bonchev–Trinajstić information content (AvgIpc) is 3.23. The van der Waals surface area contributed by atoms with Crippen LogP contribution in [0.25, 0.3) is 10.9 Å². The molecule has 2 aliphatic heterocycles. The highest BCUT2D eigenvalue weighted by atomic mass is 32.1. The van der Waals surface area contributed by atoms with Crippen LogP contribution in [0, 0.1) is 0 Å². The molecule has 2 aliphatic rings. The second-order valence-corrected chi connectivity index (χ2v) is 7.75. The van der Waals surface area contributed by atoms with Gasteiger partial charge >= 0.3 is 0 Å². The zero-order valence-electron chi connectivity index (χ0n) is 16.4. The SMILES string of the molecule is COc1ccc(C2c3[nH]c4ccccc4c3CC3C(=O)N(C)C(=S)N32)cc1OC. The molecule has 148 valence electrons. The van der Waals surface area contributed by atoms with E-state index in [2.05, 4.69) is 22.0 Å². The summed E-state index contributed by atoms with van der Waals surface area (Å²) in [6.07, 6.45) is 0.631. The summed E-state index contributed by atoms with van der Waals surface area (Å²) in [6, 6.07) is 13.6. The molecule has 1 amide bonds. The number of H-pyrrole nitrogens is 1. The Morgan fingerprint density at radius 2 is 1.86 bits per heavy atom. The fourth-order valence-electron chi connectivity index (χ4n) is 4.58. The molecule has 2 atom stereocenters. The maximum absolute atomic E-state index is 13.0. The molecule has 2 unspecified atom stereocenters. The quantitative estimate of drug-likeness (QED) is 0.676. The molecular formula is C22H21N3O3S. The van der Waals surface area contributed by atoms with E-state index in [0.29, 0.717) is 23.0 Å². The highest BCUT2D eigenvalue weighted by Crippen LogP contribution is 2.45. The first-order valence-corrected chi connectivity index (χ1v) is 9.87. The number of aromatic nitrogens is 1. The number of likely N-dealkylation sites (N-methyl/N-ethyl adjacent to an activating group) is 1. The lowest BCUT2D eigenvalue weighted by atomic mass is 9.89. The molecule has 3 aromatic rings. The van der Waals surface area contributed by atoms with Crippen molar-refractivity contribution in [3.63, 3.8) is 0 Å². The van der Waals surface area contributed by atoms with Crippen molar-refractivity contribution in [3.8, 4) is 11.5 Å². The largest absolute Gasteiger partial charge is 0.493 e. The minimum absolute atomic E-state index is 0.0383. The number of rotatable bonds is 3. The molecule has 0 saturated carbocycles. The van der Waals surface area contributed by atoms with Crippen LogP contribution in [0.4, 0.5) is 0 Å². The molecule has 1 aromatic heterocycles. The van der Waals surface area contributed by atoms with E-state index in [4.69, 9.17) is 21.7 Å². The number of carbonyl (C=O) groups excluding carboxylic acids is 1. The summed E-state index contributed by atoms with van der Waals surface area (Å²) in [5, 5.41) is 1.70. The van der Waals surface area contributed by atoms with Gasteiger partial charge in [-0.05, 0) is 41.5 Å². The first-order valence-electron chi connectivity index (χ1n) is 9.46. The second-order valence-electron chi connectivity index (χ2n) is 7.39. The fourth-order valence-corrected chi connectivity index (χ4v) is 4.90. The molecule has 3 heterocycles. The predicted molar refractivity (Wildman–Crippen MR) is 114 cm³/mol. The van der Waals surface area contributed by atoms with Gasteiger partial charge in [0, 0.05) is 30.1 Å². The first kappa shape index (κ1) is 18.0. The number of amides is 1. The summed E-state index contributed by atoms with van der Waals surface area (Å²) >= 11 is 5.67. The maximum Gasteiger partial charge on any atom is 0.251 e. The molecule has 1 N–H and O–H groups in total. The zero-order chi connectivity index (χ0) is 20.3. The number of benzene rings is 2. The normalized spacial score (nSPS) is 20.8. The van der Waals surface area contributed by atoms with Gasteiger partial charge < -0.3 is 19.4 Å². The highest BCUT2D eigenvalue weighted by Gasteiger charge is 2.49. The molecule has 7 heteroatoms. The number of hydrogen-bond acceptors (Lipinski definition) is 4. The number of fused-ring (bicyclic) bond motifs is 4. The Morgan fingerprint density at radius 1 is 1.10 bits per heavy atom. The molecule has 1 saturated heterocycles. The molecule has 0 bridgehead atoms. The number of para-hydroxylation sites is 1. The molecule has 29 heavy (non-hydrogen) atoms. The van der Waals surface area contributed by atoms with Gasteiger partial charge in [-0.1, -0.05) is 24.3 Å². The van der Waals surface area contributed by atoms with Crippen LogP contribution in [-0.2, 0) is 11.2 Å². The van der Waals surface area contributed by atoms with Gasteiger partial charge in [0.05, 0.1) is 20.3 Å². The van der Waals surface area contributed by atoms with E-state index in [9.17, 15) is 4.79 Å². The van der Waals surface area contributed by atoms with Crippen molar-refractivity contribution >= 4 is 34.1 Å². The number of ether oxygens (including phenoxy) is 2. The third kappa shape index (κ3) is 2.47. The van der Waals surface area contributed by atoms with E-state index in [1.165, 1.54) is 5.56 Å². The van der Waals surface area contributed by atoms with E-state index in [1.54, 1.807) is 26.2 Å². The van der Waals surface area contributed by atoms with Crippen LogP contribution >= 0.6 is 12.2 Å². The van der Waals surface area contributed by atoms with E-state index in [0.717, 1.165) is 22.2 Å². The van der Waals surface area contributed by atoms with E-state index in [-0.39, 0.29) is 18.0 Å². The summed E-state index contributed by atoms with van der Waals surface area (Å²) in [7, 11) is 4.99. The lowest BCUT2D eigenvalue weighted by Crippen LogP contribution is -2.44. The Morgan fingerprint density at radius 3 is 2.62 bits per heavy atom. The monoisotopic (exact) mass is 407 g/mol. The molecular weight excluding hydrogens is 386 g/mol. The van der Waals surface area contributed by atoms with Gasteiger partial charge in [-0.2, -0.15) is 0 Å². The van der Waals surface area contributed by atoms with Gasteiger partial charge in [-0.15, -0.1) is 0 Å². The smallest absolute Gasteiger partial charge is 0.251 e. The Kier molecular flexibility index (Phi) is 4.03. The number of aromatic amines is 1. The number of hydrogen-bond donors (Lipinski definition) is 1. The Bertz CT molecular complexity index is 1160. The van der Waals surface area contributed by atoms with E-state index >= 15 is 0 Å². The number of carbonyl (C=O) groups is 1. The Hall–Kier alpha value is -3.06. The highest BCUT2D eigenvalue weighted by molar-refractivity contribution is 7.80. The lowest BCUT2D eigenvalue weighted by Gasteiger charge is -2.37. The van der Waals surface area contributed by atoms with Gasteiger partial charge in [0.15, 0.2) is 16.6 Å². The van der Waals surface area contributed by atoms with Gasteiger partial charge in [-0.3, -0.25) is 9.69 Å². The predicted octanol–water partition coefficient (Wildman–Crippen LogP) is 3.26. The molecule has 1 fully saturated rings. The summed E-state index contributed by atoms with van der Waals surface area (Å²) < 4.78 is 10.9. The summed E-state index contributed by atoms with van der Waals surface area (Å²) in [5.41, 5.74) is 4.30. The van der Waals surface area contributed by atoms with Crippen LogP contribution in [0.15, 0.2) is 42.5 Å². The van der Waals surface area contributed by atoms with Crippen LogP contribution in [0.3, 0.4) is 0 Å². The van der Waals surface area contributed by atoms with Crippen LogP contribution in [0.5, 0.6) is 11.5 Å². The maximum atomic E-state index is 13.0. The van der Waals surface area contributed by atoms with Crippen LogP contribution in [-0.4, -0.2) is 53.1 Å². The molecule has 2 aromatic carbocycles. The minimum atomic E-state index is -0.308. The van der Waals surface area contributed by atoms with E-state index < -0.39 is 0 Å². The second kappa shape index (κ2) is 6.49. The summed E-state index contributed by atoms with van der Waals surface area (Å²) in [6.45, 7) is 0. The van der Waals surface area contributed by atoms with Gasteiger partial charge in [-0.25, -0.2) is 0 Å². The van der Waals surface area contributed by atoms with Gasteiger partial charge in [0.25, 0.3) is 5.91 Å². The Balaban J connectivity index is 1.75. The Labute approximate surface area is 174 Å². The van der Waals surface area contributed by atoms with Crippen LogP contribution in [0.2, 0.25) is 0 Å². The lowest BCUT2D eigenvalue weighted by molar-refractivity contribution is -0.127. The molecule has 6 nitrogen and oxygen atoms in total. The third-order valence-electron chi connectivity index (χ3n) is 5.98. The van der Waals surface area contributed by atoms with Crippen molar-refractivity contribution < 1.29 is 14.3 Å². The van der Waals surface area contributed by atoms with Crippen molar-refractivity contribution in [2.45, 2.75) is 18.5 Å². The molecule has 0 radical (unpaired) electrons. The van der Waals surface area contributed by atoms with Gasteiger partial charge in [0.2, 0.25) is 0 Å². The van der Waals surface area contributed by atoms with Crippen molar-refractivity contribution in [2.24, 2.45) is 0 Å². The standard InChI is InChI=1S/C22H21N3O3S/c1-24-21(26)16-11-14-13-6-4-5-7-15(13)23-19(14)20(25(16)22(24)29)12-8-9-17(27-2)18(10-12)28-3/h4-10,16,20,23H,11H2,1-3H3.